The number of nitrogens with zero attached hydrogens (tertiary/aromatic N) is 3. The van der Waals surface area contributed by atoms with E-state index in [-0.39, 0.29) is 0 Å². The second-order valence-electron chi connectivity index (χ2n) is 12.1. The minimum absolute atomic E-state index is 0.484. The fourth-order valence-electron chi connectivity index (χ4n) is 6.56. The fraction of sp³-hybridized carbons (Fsp3) is 0. The third-order valence-corrected chi connectivity index (χ3v) is 8.94. The lowest BCUT2D eigenvalue weighted by Crippen LogP contribution is -2.00. The summed E-state index contributed by atoms with van der Waals surface area (Å²) in [4.78, 5) is 13.0. The van der Waals surface area contributed by atoms with Gasteiger partial charge in [0.15, 0.2) is 17.5 Å². The molecule has 266 valence electrons. The molecule has 4 heterocycles. The molecule has 12 rings (SSSR count). The SMILES string of the molecule is [2H]c1c([2H])c([2H])c(-c2nc(-c3c([2H])c([2H])c([2H])c([2H])c3[2H])nc(-c3c([2H])c([2H])c([2H])c4c3oc3c([2H])c([2H])c([2H])c(-c5c([2H])c(-c6c([2H])c([2H])c([2H])c7oc8c([2H])c([2H])c([2H])c([2H])c8c67)c([2H])c6c5oc5c([2H])c([2H])c([2H])c([2H])c56)c34)n2)c([2H])c1[2H]. The first kappa shape index (κ1) is 14.3. The van der Waals surface area contributed by atoms with Crippen molar-refractivity contribution < 1.29 is 53.0 Å². The predicted octanol–water partition coefficient (Wildman–Crippen LogP) is 13.9. The molecule has 0 N–H and O–H groups in total. The summed E-state index contributed by atoms with van der Waals surface area (Å²) in [5.74, 6) is -2.52. The van der Waals surface area contributed by atoms with Gasteiger partial charge in [-0.05, 0) is 59.0 Å². The predicted molar refractivity (Wildman–Crippen MR) is 229 cm³/mol. The molecule has 0 saturated carbocycles. The molecule has 0 radical (unpaired) electrons. The third kappa shape index (κ3) is 4.94. The maximum atomic E-state index is 10.2. The molecule has 4 aromatic heterocycles. The molecule has 0 aliphatic heterocycles. The van der Waals surface area contributed by atoms with Gasteiger partial charge in [-0.3, -0.25) is 0 Å². The molecule has 0 aliphatic rings. The van der Waals surface area contributed by atoms with E-state index < -0.39 is 297 Å². The van der Waals surface area contributed by atoms with Gasteiger partial charge in [-0.25, -0.2) is 15.0 Å². The average molecular weight is 761 g/mol. The molecule has 0 unspecified atom stereocenters. The first-order valence-electron chi connectivity index (χ1n) is 31.1. The van der Waals surface area contributed by atoms with Gasteiger partial charge < -0.3 is 13.3 Å². The molecule has 12 aromatic rings. The smallest absolute Gasteiger partial charge is 0.167 e. The molecule has 0 aliphatic carbocycles. The molecule has 6 nitrogen and oxygen atoms in total. The van der Waals surface area contributed by atoms with Gasteiger partial charge in [0.25, 0.3) is 0 Å². The Balaban J connectivity index is 1.30. The number of benzene rings is 8. The van der Waals surface area contributed by atoms with E-state index in [4.69, 9.17) is 40.7 Å². The van der Waals surface area contributed by atoms with Crippen molar-refractivity contribution in [3.63, 3.8) is 0 Å². The van der Waals surface area contributed by atoms with Gasteiger partial charge in [-0.15, -0.1) is 0 Å². The van der Waals surface area contributed by atoms with Crippen LogP contribution in [0.25, 0.3) is 122 Å². The molecular formula is C51H29N3O3. The van der Waals surface area contributed by atoms with E-state index in [0.29, 0.717) is 0 Å². The lowest BCUT2D eigenvalue weighted by atomic mass is 9.91. The minimum atomic E-state index is -1.02. The summed E-state index contributed by atoms with van der Waals surface area (Å²) in [6.07, 6.45) is 0. The Labute approximate surface area is 366 Å². The Morgan fingerprint density at radius 1 is 0.316 bits per heavy atom. The minimum Gasteiger partial charge on any atom is -0.456 e. The van der Waals surface area contributed by atoms with Crippen LogP contribution in [0.3, 0.4) is 0 Å². The zero-order valence-corrected chi connectivity index (χ0v) is 28.1. The first-order chi connectivity index (χ1) is 40.3. The first-order valence-corrected chi connectivity index (χ1v) is 16.6. The lowest BCUT2D eigenvalue weighted by molar-refractivity contribution is 0.668. The Morgan fingerprint density at radius 3 is 1.54 bits per heavy atom. The van der Waals surface area contributed by atoms with Gasteiger partial charge in [0.2, 0.25) is 0 Å². The highest BCUT2D eigenvalue weighted by Crippen LogP contribution is 2.46. The van der Waals surface area contributed by atoms with E-state index in [1.807, 2.05) is 0 Å². The standard InChI is InChI=1S/C51H29N3O3/c1-3-14-30(15-4-1)49-52-50(31-16-5-2-6-17-31)54-51(53-49)38-23-11-22-37-46-35(21-13-27-44(46)57-47(37)38)40-29-32(28-39-34-18-7-9-24-41(34)56-48(39)40)33-20-12-26-43-45(33)36-19-8-10-25-42(36)55-43/h1-29H/i1D,2D,3D,4D,5D,6D,7D,8D,9D,10D,11D,12D,13D,14D,15D,16D,17D,18D,19D,20D,21D,22D,23D,24D,25D,26D,27D,28D,29D. The topological polar surface area (TPSA) is 78.1 Å². The van der Waals surface area contributed by atoms with Crippen molar-refractivity contribution in [2.45, 2.75) is 0 Å². The van der Waals surface area contributed by atoms with Crippen molar-refractivity contribution >= 4 is 65.8 Å². The Kier molecular flexibility index (Phi) is 3.11. The highest BCUT2D eigenvalue weighted by molar-refractivity contribution is 6.20. The second-order valence-corrected chi connectivity index (χ2v) is 12.1. The molecule has 8 aromatic carbocycles. The van der Waals surface area contributed by atoms with E-state index in [1.165, 1.54) is 0 Å². The van der Waals surface area contributed by atoms with Crippen molar-refractivity contribution in [2.24, 2.45) is 0 Å². The number of furan rings is 3. The van der Waals surface area contributed by atoms with Crippen LogP contribution in [0.1, 0.15) is 39.8 Å². The van der Waals surface area contributed by atoms with Crippen LogP contribution >= 0.6 is 0 Å². The maximum Gasteiger partial charge on any atom is 0.167 e. The highest BCUT2D eigenvalue weighted by atomic mass is 16.3. The third-order valence-electron chi connectivity index (χ3n) is 8.94. The van der Waals surface area contributed by atoms with Crippen LogP contribution in [-0.2, 0) is 0 Å². The molecule has 0 spiro atoms. The zero-order valence-electron chi connectivity index (χ0n) is 57.1. The Morgan fingerprint density at radius 2 is 0.807 bits per heavy atom. The van der Waals surface area contributed by atoms with Crippen molar-refractivity contribution in [1.29, 1.82) is 0 Å². The fourth-order valence-corrected chi connectivity index (χ4v) is 6.56. The van der Waals surface area contributed by atoms with Crippen LogP contribution in [0.2, 0.25) is 0 Å². The normalized spacial score (nSPS) is 19.0. The number of hydrogen-bond acceptors (Lipinski definition) is 6. The van der Waals surface area contributed by atoms with Crippen molar-refractivity contribution in [1.82, 2.24) is 15.0 Å². The van der Waals surface area contributed by atoms with Crippen LogP contribution in [0.4, 0.5) is 0 Å². The number of aromatic nitrogens is 3. The van der Waals surface area contributed by atoms with Gasteiger partial charge in [0, 0.05) is 49.0 Å². The summed E-state index contributed by atoms with van der Waals surface area (Å²) in [6, 6.07) is -26.0. The molecule has 0 saturated heterocycles. The average Bonchev–Trinajstić information content (AvgIpc) is 1.48. The van der Waals surface area contributed by atoms with Crippen LogP contribution in [0.5, 0.6) is 0 Å². The van der Waals surface area contributed by atoms with Gasteiger partial charge in [0.05, 0.1) is 45.3 Å². The molecule has 6 heteroatoms. The quantitative estimate of drug-likeness (QED) is 0.174. The summed E-state index contributed by atoms with van der Waals surface area (Å²) >= 11 is 0. The number of rotatable bonds is 5. The molecule has 0 amide bonds. The Hall–Kier alpha value is -7.83. The molecule has 0 atom stereocenters. The van der Waals surface area contributed by atoms with Crippen molar-refractivity contribution in [2.75, 3.05) is 0 Å². The molecule has 0 bridgehead atoms. The molecular weight excluding hydrogens is 703 g/mol. The zero-order chi connectivity index (χ0) is 62.7. The summed E-state index contributed by atoms with van der Waals surface area (Å²) in [5, 5.41) is -3.40. The van der Waals surface area contributed by atoms with E-state index in [2.05, 4.69) is 15.0 Å². The van der Waals surface area contributed by atoms with Crippen molar-refractivity contribution in [3.8, 4) is 56.4 Å². The van der Waals surface area contributed by atoms with E-state index in [0.717, 1.165) is 0 Å². The monoisotopic (exact) mass is 760 g/mol. The largest absolute Gasteiger partial charge is 0.456 e. The maximum absolute atomic E-state index is 10.2. The summed E-state index contributed by atoms with van der Waals surface area (Å²) in [6.45, 7) is 0. The van der Waals surface area contributed by atoms with Gasteiger partial charge in [-0.1, -0.05) is 133 Å². The van der Waals surface area contributed by atoms with Gasteiger partial charge in [-0.2, -0.15) is 0 Å². The van der Waals surface area contributed by atoms with Crippen LogP contribution in [0.15, 0.2) is 188 Å². The van der Waals surface area contributed by atoms with Gasteiger partial charge in [0.1, 0.15) is 33.5 Å². The van der Waals surface area contributed by atoms with E-state index >= 15 is 0 Å². The van der Waals surface area contributed by atoms with Crippen LogP contribution in [-0.4, -0.2) is 15.0 Å². The lowest BCUT2D eigenvalue weighted by Gasteiger charge is -2.10. The van der Waals surface area contributed by atoms with Gasteiger partial charge >= 0.3 is 0 Å². The summed E-state index contributed by atoms with van der Waals surface area (Å²) in [7, 11) is 0. The molecule has 0 fully saturated rings. The second kappa shape index (κ2) is 12.3. The van der Waals surface area contributed by atoms with Crippen LogP contribution < -0.4 is 0 Å². The van der Waals surface area contributed by atoms with E-state index in [1.54, 1.807) is 0 Å². The number of fused-ring (bicyclic) bond motifs is 9. The number of hydrogen-bond donors (Lipinski definition) is 0. The highest BCUT2D eigenvalue weighted by Gasteiger charge is 2.23. The summed E-state index contributed by atoms with van der Waals surface area (Å²) < 4.78 is 278. The Bertz CT molecular complexity index is 5100. The summed E-state index contributed by atoms with van der Waals surface area (Å²) in [5.41, 5.74) is -9.29. The van der Waals surface area contributed by atoms with Crippen LogP contribution in [0, 0.1) is 0 Å². The molecule has 57 heavy (non-hydrogen) atoms. The number of para-hydroxylation sites is 3. The van der Waals surface area contributed by atoms with E-state index in [9.17, 15) is 12.3 Å². The van der Waals surface area contributed by atoms with Crippen molar-refractivity contribution in [3.05, 3.63) is 175 Å².